The SMILES string of the molecule is CNc1ccc([N+](=O)[O-])c(NCC2(O)CCC2)n1. The predicted octanol–water partition coefficient (Wildman–Crippen LogP) is 1.36. The smallest absolute Gasteiger partial charge is 0.311 e. The van der Waals surface area contributed by atoms with E-state index in [9.17, 15) is 15.2 Å². The van der Waals surface area contributed by atoms with Gasteiger partial charge in [0.15, 0.2) is 0 Å². The molecular formula is C11H16N4O3. The van der Waals surface area contributed by atoms with Crippen LogP contribution in [-0.4, -0.2) is 34.2 Å². The molecule has 1 aromatic rings. The van der Waals surface area contributed by atoms with E-state index in [2.05, 4.69) is 15.6 Å². The third-order valence-corrected chi connectivity index (χ3v) is 3.20. The topological polar surface area (TPSA) is 100 Å². The maximum Gasteiger partial charge on any atom is 0.311 e. The molecule has 1 aliphatic carbocycles. The largest absolute Gasteiger partial charge is 0.388 e. The Balaban J connectivity index is 2.15. The Kier molecular flexibility index (Phi) is 3.33. The number of nitrogens with one attached hydrogen (secondary N) is 2. The molecule has 1 aliphatic rings. The number of nitro groups is 1. The number of rotatable bonds is 5. The van der Waals surface area contributed by atoms with Crippen molar-refractivity contribution in [1.29, 1.82) is 0 Å². The summed E-state index contributed by atoms with van der Waals surface area (Å²) in [6.07, 6.45) is 2.43. The van der Waals surface area contributed by atoms with Gasteiger partial charge >= 0.3 is 5.69 Å². The summed E-state index contributed by atoms with van der Waals surface area (Å²) in [6, 6.07) is 2.94. The van der Waals surface area contributed by atoms with Gasteiger partial charge in [0.1, 0.15) is 5.82 Å². The Morgan fingerprint density at radius 2 is 2.28 bits per heavy atom. The van der Waals surface area contributed by atoms with E-state index in [0.29, 0.717) is 5.82 Å². The van der Waals surface area contributed by atoms with E-state index in [1.54, 1.807) is 13.1 Å². The van der Waals surface area contributed by atoms with Gasteiger partial charge in [-0.05, 0) is 25.3 Å². The standard InChI is InChI=1S/C11H16N4O3/c1-12-9-4-3-8(15(17)18)10(14-9)13-7-11(16)5-2-6-11/h3-4,16H,2,5-7H2,1H3,(H2,12,13,14). The molecule has 1 fully saturated rings. The van der Waals surface area contributed by atoms with E-state index >= 15 is 0 Å². The normalized spacial score (nSPS) is 16.8. The minimum atomic E-state index is -0.745. The lowest BCUT2D eigenvalue weighted by Crippen LogP contribution is -2.43. The average molecular weight is 252 g/mol. The van der Waals surface area contributed by atoms with Crippen LogP contribution in [0.25, 0.3) is 0 Å². The monoisotopic (exact) mass is 252 g/mol. The first kappa shape index (κ1) is 12.6. The van der Waals surface area contributed by atoms with Gasteiger partial charge in [-0.2, -0.15) is 0 Å². The van der Waals surface area contributed by atoms with E-state index < -0.39 is 10.5 Å². The Hall–Kier alpha value is -1.89. The van der Waals surface area contributed by atoms with Gasteiger partial charge in [0.25, 0.3) is 0 Å². The van der Waals surface area contributed by atoms with Crippen LogP contribution in [0.15, 0.2) is 12.1 Å². The van der Waals surface area contributed by atoms with Crippen LogP contribution in [0.4, 0.5) is 17.3 Å². The highest BCUT2D eigenvalue weighted by Crippen LogP contribution is 2.32. The molecule has 0 radical (unpaired) electrons. The fraction of sp³-hybridized carbons (Fsp3) is 0.545. The summed E-state index contributed by atoms with van der Waals surface area (Å²) in [5.41, 5.74) is -0.831. The Bertz CT molecular complexity index is 460. The zero-order valence-electron chi connectivity index (χ0n) is 10.1. The molecule has 0 amide bonds. The highest BCUT2D eigenvalue weighted by Gasteiger charge is 2.34. The van der Waals surface area contributed by atoms with Crippen LogP contribution in [0.2, 0.25) is 0 Å². The van der Waals surface area contributed by atoms with Crippen molar-refractivity contribution in [2.75, 3.05) is 24.2 Å². The second-order valence-corrected chi connectivity index (χ2v) is 4.50. The fourth-order valence-corrected chi connectivity index (χ4v) is 1.88. The lowest BCUT2D eigenvalue weighted by molar-refractivity contribution is -0.384. The Morgan fingerprint density at radius 3 is 2.78 bits per heavy atom. The van der Waals surface area contributed by atoms with Crippen LogP contribution < -0.4 is 10.6 Å². The summed E-state index contributed by atoms with van der Waals surface area (Å²) in [5.74, 6) is 0.732. The molecule has 0 unspecified atom stereocenters. The molecule has 1 aromatic heterocycles. The Labute approximate surface area is 104 Å². The summed E-state index contributed by atoms with van der Waals surface area (Å²) in [5, 5.41) is 26.5. The molecule has 98 valence electrons. The molecule has 1 saturated carbocycles. The van der Waals surface area contributed by atoms with Crippen LogP contribution in [0.3, 0.4) is 0 Å². The van der Waals surface area contributed by atoms with Crippen molar-refractivity contribution in [2.24, 2.45) is 0 Å². The molecule has 3 N–H and O–H groups in total. The number of aromatic nitrogens is 1. The zero-order chi connectivity index (χ0) is 13.2. The molecule has 1 heterocycles. The first-order chi connectivity index (χ1) is 8.54. The van der Waals surface area contributed by atoms with Crippen molar-refractivity contribution in [3.63, 3.8) is 0 Å². The average Bonchev–Trinajstić information content (AvgIpc) is 2.33. The zero-order valence-corrected chi connectivity index (χ0v) is 10.1. The molecule has 18 heavy (non-hydrogen) atoms. The van der Waals surface area contributed by atoms with Gasteiger partial charge in [-0.15, -0.1) is 0 Å². The van der Waals surface area contributed by atoms with E-state index in [-0.39, 0.29) is 18.1 Å². The van der Waals surface area contributed by atoms with Crippen molar-refractivity contribution in [1.82, 2.24) is 4.98 Å². The van der Waals surface area contributed by atoms with E-state index in [4.69, 9.17) is 0 Å². The molecule has 0 aliphatic heterocycles. The summed E-state index contributed by atoms with van der Waals surface area (Å²) < 4.78 is 0. The summed E-state index contributed by atoms with van der Waals surface area (Å²) >= 11 is 0. The van der Waals surface area contributed by atoms with Gasteiger partial charge < -0.3 is 15.7 Å². The van der Waals surface area contributed by atoms with Crippen LogP contribution in [0.1, 0.15) is 19.3 Å². The van der Waals surface area contributed by atoms with Crippen LogP contribution in [-0.2, 0) is 0 Å². The first-order valence-electron chi connectivity index (χ1n) is 5.83. The van der Waals surface area contributed by atoms with E-state index in [0.717, 1.165) is 19.3 Å². The van der Waals surface area contributed by atoms with Gasteiger partial charge in [0, 0.05) is 19.7 Å². The lowest BCUT2D eigenvalue weighted by atomic mass is 9.80. The van der Waals surface area contributed by atoms with Crippen LogP contribution >= 0.6 is 0 Å². The summed E-state index contributed by atoms with van der Waals surface area (Å²) in [6.45, 7) is 0.286. The molecule has 7 nitrogen and oxygen atoms in total. The van der Waals surface area contributed by atoms with Crippen molar-refractivity contribution in [2.45, 2.75) is 24.9 Å². The van der Waals surface area contributed by atoms with Crippen molar-refractivity contribution in [3.8, 4) is 0 Å². The third-order valence-electron chi connectivity index (χ3n) is 3.20. The van der Waals surface area contributed by atoms with Crippen molar-refractivity contribution >= 4 is 17.3 Å². The predicted molar refractivity (Wildman–Crippen MR) is 67.7 cm³/mol. The van der Waals surface area contributed by atoms with E-state index in [1.165, 1.54) is 6.07 Å². The number of aliphatic hydroxyl groups is 1. The summed E-state index contributed by atoms with van der Waals surface area (Å²) in [7, 11) is 1.69. The molecule has 0 spiro atoms. The van der Waals surface area contributed by atoms with Crippen LogP contribution in [0, 0.1) is 10.1 Å². The summed E-state index contributed by atoms with van der Waals surface area (Å²) in [4.78, 5) is 14.5. The molecule has 0 aromatic carbocycles. The minimum absolute atomic E-state index is 0.0862. The highest BCUT2D eigenvalue weighted by molar-refractivity contribution is 5.60. The van der Waals surface area contributed by atoms with Gasteiger partial charge in [-0.3, -0.25) is 10.1 Å². The first-order valence-corrected chi connectivity index (χ1v) is 5.83. The quantitative estimate of drug-likeness (QED) is 0.540. The fourth-order valence-electron chi connectivity index (χ4n) is 1.88. The number of hydrogen-bond donors (Lipinski definition) is 3. The molecule has 7 heteroatoms. The van der Waals surface area contributed by atoms with Crippen molar-refractivity contribution in [3.05, 3.63) is 22.2 Å². The molecule has 0 atom stereocenters. The number of nitrogens with zero attached hydrogens (tertiary/aromatic N) is 2. The van der Waals surface area contributed by atoms with Crippen molar-refractivity contribution < 1.29 is 10.0 Å². The third kappa shape index (κ3) is 2.51. The maximum absolute atomic E-state index is 10.9. The second kappa shape index (κ2) is 4.77. The number of hydrogen-bond acceptors (Lipinski definition) is 6. The minimum Gasteiger partial charge on any atom is -0.388 e. The Morgan fingerprint density at radius 1 is 1.56 bits per heavy atom. The number of anilines is 2. The molecule has 0 saturated heterocycles. The number of pyridine rings is 1. The highest BCUT2D eigenvalue weighted by atomic mass is 16.6. The van der Waals surface area contributed by atoms with E-state index in [1.807, 2.05) is 0 Å². The molecule has 0 bridgehead atoms. The van der Waals surface area contributed by atoms with Gasteiger partial charge in [-0.1, -0.05) is 0 Å². The van der Waals surface area contributed by atoms with Gasteiger partial charge in [-0.25, -0.2) is 4.98 Å². The second-order valence-electron chi connectivity index (χ2n) is 4.50. The lowest BCUT2D eigenvalue weighted by Gasteiger charge is -2.36. The molecule has 2 rings (SSSR count). The molecular weight excluding hydrogens is 236 g/mol. The van der Waals surface area contributed by atoms with Crippen LogP contribution in [0.5, 0.6) is 0 Å². The van der Waals surface area contributed by atoms with Gasteiger partial charge in [0.05, 0.1) is 10.5 Å². The van der Waals surface area contributed by atoms with Gasteiger partial charge in [0.2, 0.25) is 5.82 Å². The maximum atomic E-state index is 10.9.